The van der Waals surface area contributed by atoms with Crippen LogP contribution in [0.1, 0.15) is 49.2 Å². The minimum absolute atomic E-state index is 0.120. The molecule has 3 aromatic heterocycles. The van der Waals surface area contributed by atoms with Crippen molar-refractivity contribution in [3.63, 3.8) is 0 Å². The molecule has 2 fully saturated rings. The first-order valence-corrected chi connectivity index (χ1v) is 11.8. The number of pyridine rings is 1. The van der Waals surface area contributed by atoms with Gasteiger partial charge < -0.3 is 9.47 Å². The largest absolute Gasteiger partial charge is 0.495 e. The van der Waals surface area contributed by atoms with Gasteiger partial charge in [0.05, 0.1) is 24.5 Å². The molecule has 0 N–H and O–H groups in total. The third-order valence-corrected chi connectivity index (χ3v) is 6.29. The average molecular weight is 480 g/mol. The average Bonchev–Trinajstić information content (AvgIpc) is 3.57. The lowest BCUT2D eigenvalue weighted by Crippen LogP contribution is -2.17. The second-order valence-electron chi connectivity index (χ2n) is 8.81. The Morgan fingerprint density at radius 3 is 2.49 bits per heavy atom. The minimum Gasteiger partial charge on any atom is -0.495 e. The van der Waals surface area contributed by atoms with E-state index in [2.05, 4.69) is 20.1 Å². The van der Waals surface area contributed by atoms with Gasteiger partial charge in [-0.3, -0.25) is 4.68 Å². The van der Waals surface area contributed by atoms with E-state index in [1.807, 2.05) is 30.1 Å². The summed E-state index contributed by atoms with van der Waals surface area (Å²) < 4.78 is 40.7. The minimum atomic E-state index is -0.674. The van der Waals surface area contributed by atoms with Crippen LogP contribution in [-0.4, -0.2) is 45.1 Å². The van der Waals surface area contributed by atoms with Gasteiger partial charge in [0.15, 0.2) is 5.65 Å². The molecule has 0 radical (unpaired) electrons. The van der Waals surface area contributed by atoms with Gasteiger partial charge in [-0.05, 0) is 56.9 Å². The van der Waals surface area contributed by atoms with Crippen LogP contribution in [0.2, 0.25) is 0 Å². The number of nitrogens with zero attached hydrogens (tertiary/aromatic N) is 5. The predicted octanol–water partition coefficient (Wildman–Crippen LogP) is 5.40. The molecule has 4 heterocycles. The molecule has 35 heavy (non-hydrogen) atoms. The zero-order valence-corrected chi connectivity index (χ0v) is 19.7. The molecule has 9 heteroatoms. The summed E-state index contributed by atoms with van der Waals surface area (Å²) in [5.74, 6) is -0.0109. The maximum atomic E-state index is 14.5. The molecule has 0 atom stereocenters. The Morgan fingerprint density at radius 2 is 1.83 bits per heavy atom. The van der Waals surface area contributed by atoms with Crippen LogP contribution >= 0.6 is 0 Å². The summed E-state index contributed by atoms with van der Waals surface area (Å²) in [5.41, 5.74) is 1.77. The van der Waals surface area contributed by atoms with Crippen molar-refractivity contribution in [2.45, 2.75) is 44.6 Å². The molecule has 182 valence electrons. The zero-order chi connectivity index (χ0) is 24.4. The quantitative estimate of drug-likeness (QED) is 0.390. The van der Waals surface area contributed by atoms with Crippen LogP contribution in [0.15, 0.2) is 42.7 Å². The maximum Gasteiger partial charge on any atom is 0.163 e. The van der Waals surface area contributed by atoms with Gasteiger partial charge >= 0.3 is 0 Å². The van der Waals surface area contributed by atoms with Gasteiger partial charge in [-0.2, -0.15) is 5.10 Å². The van der Waals surface area contributed by atoms with Gasteiger partial charge in [0.1, 0.15) is 23.2 Å². The Kier molecular flexibility index (Phi) is 6.68. The molecule has 0 bridgehead atoms. The highest BCUT2D eigenvalue weighted by atomic mass is 19.1. The Bertz CT molecular complexity index is 1320. The van der Waals surface area contributed by atoms with Gasteiger partial charge in [0.25, 0.3) is 0 Å². The number of methoxy groups -OCH3 is 1. The van der Waals surface area contributed by atoms with E-state index in [-0.39, 0.29) is 11.5 Å². The molecule has 0 unspecified atom stereocenters. The van der Waals surface area contributed by atoms with Crippen LogP contribution in [-0.2, 0) is 4.74 Å². The summed E-state index contributed by atoms with van der Waals surface area (Å²) in [4.78, 5) is 13.8. The van der Waals surface area contributed by atoms with Crippen molar-refractivity contribution in [2.75, 3.05) is 20.3 Å². The summed E-state index contributed by atoms with van der Waals surface area (Å²) in [6.07, 6.45) is 8.09. The molecular formula is C26H27F2N5O2. The topological polar surface area (TPSA) is 75.0 Å². The highest BCUT2D eigenvalue weighted by molar-refractivity contribution is 5.91. The molecule has 2 aliphatic rings. The SMILES string of the molecule is COc1cc2c(-c3ccc(F)cc3F)nc(C3CCOCC3)nc2nc1C.c1cnn(C2CC2)c1. The van der Waals surface area contributed by atoms with Crippen molar-refractivity contribution < 1.29 is 18.3 Å². The number of fused-ring (bicyclic) bond motifs is 1. The Labute approximate surface area is 202 Å². The number of aryl methyl sites for hydroxylation is 1. The Hall–Kier alpha value is -3.46. The third-order valence-electron chi connectivity index (χ3n) is 6.29. The van der Waals surface area contributed by atoms with Crippen molar-refractivity contribution in [1.82, 2.24) is 24.7 Å². The second kappa shape index (κ2) is 10.0. The van der Waals surface area contributed by atoms with E-state index in [9.17, 15) is 8.78 Å². The number of aromatic nitrogens is 5. The zero-order valence-electron chi connectivity index (χ0n) is 19.7. The Morgan fingerprint density at radius 1 is 1.03 bits per heavy atom. The first-order chi connectivity index (χ1) is 17.0. The van der Waals surface area contributed by atoms with E-state index >= 15 is 0 Å². The van der Waals surface area contributed by atoms with E-state index < -0.39 is 11.6 Å². The molecule has 1 saturated carbocycles. The number of rotatable bonds is 4. The van der Waals surface area contributed by atoms with Crippen LogP contribution < -0.4 is 4.74 Å². The van der Waals surface area contributed by atoms with Crippen LogP contribution in [0.5, 0.6) is 5.75 Å². The normalized spacial score (nSPS) is 16.1. The highest BCUT2D eigenvalue weighted by Gasteiger charge is 2.24. The predicted molar refractivity (Wildman–Crippen MR) is 127 cm³/mol. The molecule has 1 aromatic carbocycles. The Balaban J connectivity index is 0.000000265. The van der Waals surface area contributed by atoms with Crippen molar-refractivity contribution in [3.8, 4) is 17.0 Å². The summed E-state index contributed by atoms with van der Waals surface area (Å²) >= 11 is 0. The van der Waals surface area contributed by atoms with Crippen LogP contribution in [0.3, 0.4) is 0 Å². The standard InChI is InChI=1S/C20H19F2N3O2.C6H8N2/c1-11-17(26-2)10-15-18(14-4-3-13(21)9-16(14)22)24-19(25-20(15)23-11)12-5-7-27-8-6-12;1-4-7-8(5-1)6-2-3-6/h3-4,9-10,12H,5-8H2,1-2H3;1,4-6H,2-3H2. The summed E-state index contributed by atoms with van der Waals surface area (Å²) in [7, 11) is 1.55. The fraction of sp³-hybridized carbons (Fsp3) is 0.385. The lowest BCUT2D eigenvalue weighted by atomic mass is 9.98. The molecular weight excluding hydrogens is 452 g/mol. The van der Waals surface area contributed by atoms with E-state index in [0.29, 0.717) is 47.2 Å². The van der Waals surface area contributed by atoms with Gasteiger partial charge in [-0.1, -0.05) is 0 Å². The second-order valence-corrected chi connectivity index (χ2v) is 8.81. The van der Waals surface area contributed by atoms with Crippen LogP contribution in [0, 0.1) is 18.6 Å². The maximum absolute atomic E-state index is 14.5. The molecule has 1 aliphatic heterocycles. The number of ether oxygens (including phenoxy) is 2. The fourth-order valence-corrected chi connectivity index (χ4v) is 4.21. The van der Waals surface area contributed by atoms with E-state index in [0.717, 1.165) is 24.9 Å². The summed E-state index contributed by atoms with van der Waals surface area (Å²) in [5, 5.41) is 4.66. The first kappa shape index (κ1) is 23.3. The van der Waals surface area contributed by atoms with Gasteiger partial charge in [-0.25, -0.2) is 23.7 Å². The van der Waals surface area contributed by atoms with Gasteiger partial charge in [-0.15, -0.1) is 0 Å². The van der Waals surface area contributed by atoms with Gasteiger partial charge in [0.2, 0.25) is 0 Å². The lowest BCUT2D eigenvalue weighted by Gasteiger charge is -2.22. The monoisotopic (exact) mass is 479 g/mol. The van der Waals surface area contributed by atoms with Crippen LogP contribution in [0.4, 0.5) is 8.78 Å². The molecule has 0 spiro atoms. The smallest absolute Gasteiger partial charge is 0.163 e. The third kappa shape index (κ3) is 5.14. The molecule has 7 nitrogen and oxygen atoms in total. The van der Waals surface area contributed by atoms with E-state index in [1.54, 1.807) is 13.2 Å². The van der Waals surface area contributed by atoms with Gasteiger partial charge in [0, 0.05) is 48.5 Å². The lowest BCUT2D eigenvalue weighted by molar-refractivity contribution is 0.0836. The molecule has 4 aromatic rings. The number of hydrogen-bond acceptors (Lipinski definition) is 6. The van der Waals surface area contributed by atoms with Crippen molar-refractivity contribution >= 4 is 11.0 Å². The van der Waals surface area contributed by atoms with Crippen molar-refractivity contribution in [1.29, 1.82) is 0 Å². The van der Waals surface area contributed by atoms with Crippen LogP contribution in [0.25, 0.3) is 22.3 Å². The molecule has 6 rings (SSSR count). The van der Waals surface area contributed by atoms with Crippen molar-refractivity contribution in [3.05, 3.63) is 65.9 Å². The molecule has 1 aliphatic carbocycles. The molecule has 1 saturated heterocycles. The summed E-state index contributed by atoms with van der Waals surface area (Å²) in [6.45, 7) is 3.11. The number of halogens is 2. The molecule has 0 amide bonds. The highest BCUT2D eigenvalue weighted by Crippen LogP contribution is 2.34. The summed E-state index contributed by atoms with van der Waals surface area (Å²) in [6, 6.07) is 7.94. The number of hydrogen-bond donors (Lipinski definition) is 0. The van der Waals surface area contributed by atoms with E-state index in [4.69, 9.17) is 9.47 Å². The fourth-order valence-electron chi connectivity index (χ4n) is 4.21. The van der Waals surface area contributed by atoms with Crippen molar-refractivity contribution in [2.24, 2.45) is 0 Å². The number of benzene rings is 1. The first-order valence-electron chi connectivity index (χ1n) is 11.8. The van der Waals surface area contributed by atoms with E-state index in [1.165, 1.54) is 25.0 Å².